The molecule has 0 aromatic heterocycles. The Morgan fingerprint density at radius 2 is 2.05 bits per heavy atom. The number of carbonyl (C=O) groups excluding carboxylic acids is 2. The lowest BCUT2D eigenvalue weighted by Gasteiger charge is -2.18. The molecule has 2 atom stereocenters. The highest BCUT2D eigenvalue weighted by Gasteiger charge is 2.23. The van der Waals surface area contributed by atoms with Gasteiger partial charge < -0.3 is 15.7 Å². The van der Waals surface area contributed by atoms with Crippen LogP contribution in [0, 0.1) is 5.82 Å². The fourth-order valence-electron chi connectivity index (χ4n) is 1.57. The second-order valence-electron chi connectivity index (χ2n) is 4.20. The molecule has 0 saturated heterocycles. The van der Waals surface area contributed by atoms with E-state index in [1.807, 2.05) is 0 Å². The first-order chi connectivity index (χ1) is 9.45. The molecule has 3 N–H and O–H groups in total. The predicted molar refractivity (Wildman–Crippen MR) is 68.3 cm³/mol. The molecule has 20 heavy (non-hydrogen) atoms. The first-order valence-corrected chi connectivity index (χ1v) is 5.92. The molecule has 0 aliphatic carbocycles. The number of hydrogen-bond acceptors (Lipinski definition) is 3. The lowest BCUT2D eigenvalue weighted by molar-refractivity contribution is -0.141. The van der Waals surface area contributed by atoms with Crippen molar-refractivity contribution in [2.75, 3.05) is 0 Å². The van der Waals surface area contributed by atoms with Gasteiger partial charge >= 0.3 is 5.97 Å². The van der Waals surface area contributed by atoms with Crippen LogP contribution in [-0.4, -0.2) is 35.5 Å². The number of nitrogens with one attached hydrogen (secondary N) is 2. The van der Waals surface area contributed by atoms with E-state index in [0.717, 1.165) is 0 Å². The van der Waals surface area contributed by atoms with Crippen LogP contribution < -0.4 is 10.6 Å². The average molecular weight is 282 g/mol. The Morgan fingerprint density at radius 1 is 1.40 bits per heavy atom. The third kappa shape index (κ3) is 4.34. The predicted octanol–water partition coefficient (Wildman–Crippen LogP) is 0.0721. The molecule has 0 aliphatic heterocycles. The molecule has 0 aliphatic rings. The molecule has 0 spiro atoms. The highest BCUT2D eigenvalue weighted by molar-refractivity contribution is 5.88. The van der Waals surface area contributed by atoms with Crippen molar-refractivity contribution in [3.63, 3.8) is 0 Å². The summed E-state index contributed by atoms with van der Waals surface area (Å²) in [5.41, 5.74) is 0.255. The van der Waals surface area contributed by atoms with E-state index in [-0.39, 0.29) is 12.0 Å². The third-order valence-electron chi connectivity index (χ3n) is 2.70. The number of carbonyl (C=O) groups is 3. The van der Waals surface area contributed by atoms with Crippen LogP contribution in [0.4, 0.5) is 4.39 Å². The largest absolute Gasteiger partial charge is 0.480 e. The van der Waals surface area contributed by atoms with E-state index in [1.54, 1.807) is 6.07 Å². The van der Waals surface area contributed by atoms with Crippen molar-refractivity contribution in [1.29, 1.82) is 0 Å². The fraction of sp³-hybridized carbons (Fsp3) is 0.308. The maximum Gasteiger partial charge on any atom is 0.325 e. The first kappa shape index (κ1) is 15.6. The van der Waals surface area contributed by atoms with Crippen LogP contribution in [0.3, 0.4) is 0 Å². The number of carboxylic acid groups (broad SMARTS) is 1. The maximum atomic E-state index is 13.5. The van der Waals surface area contributed by atoms with Gasteiger partial charge in [0, 0.05) is 6.42 Å². The SMILES string of the molecule is C[C@@H](NC(=O)[C@H](Cc1ccccc1F)NC=O)C(=O)O. The summed E-state index contributed by atoms with van der Waals surface area (Å²) in [5, 5.41) is 13.2. The van der Waals surface area contributed by atoms with E-state index in [9.17, 15) is 18.8 Å². The van der Waals surface area contributed by atoms with Gasteiger partial charge in [-0.2, -0.15) is 0 Å². The van der Waals surface area contributed by atoms with E-state index in [2.05, 4.69) is 10.6 Å². The van der Waals surface area contributed by atoms with Gasteiger partial charge in [-0.25, -0.2) is 4.39 Å². The van der Waals surface area contributed by atoms with Gasteiger partial charge in [0.05, 0.1) is 0 Å². The van der Waals surface area contributed by atoms with Gasteiger partial charge in [-0.1, -0.05) is 18.2 Å². The number of hydrogen-bond donors (Lipinski definition) is 3. The first-order valence-electron chi connectivity index (χ1n) is 5.92. The highest BCUT2D eigenvalue weighted by atomic mass is 19.1. The summed E-state index contributed by atoms with van der Waals surface area (Å²) in [6, 6.07) is 3.71. The summed E-state index contributed by atoms with van der Waals surface area (Å²) < 4.78 is 13.5. The lowest BCUT2D eigenvalue weighted by Crippen LogP contribution is -2.49. The molecule has 7 heteroatoms. The molecule has 108 valence electrons. The van der Waals surface area contributed by atoms with E-state index in [0.29, 0.717) is 6.41 Å². The second-order valence-corrected chi connectivity index (χ2v) is 4.20. The topological polar surface area (TPSA) is 95.5 Å². The summed E-state index contributed by atoms with van der Waals surface area (Å²) in [5.74, 6) is -2.38. The van der Waals surface area contributed by atoms with E-state index in [4.69, 9.17) is 5.11 Å². The van der Waals surface area contributed by atoms with Crippen LogP contribution in [0.5, 0.6) is 0 Å². The van der Waals surface area contributed by atoms with Crippen molar-refractivity contribution in [3.8, 4) is 0 Å². The van der Waals surface area contributed by atoms with Crippen LogP contribution in [0.15, 0.2) is 24.3 Å². The van der Waals surface area contributed by atoms with Crippen LogP contribution in [0.25, 0.3) is 0 Å². The Morgan fingerprint density at radius 3 is 2.60 bits per heavy atom. The van der Waals surface area contributed by atoms with Crippen molar-refractivity contribution < 1.29 is 23.9 Å². The Labute approximate surface area is 115 Å². The minimum Gasteiger partial charge on any atom is -0.480 e. The average Bonchev–Trinajstić information content (AvgIpc) is 2.40. The molecule has 0 unspecified atom stereocenters. The van der Waals surface area contributed by atoms with Gasteiger partial charge in [0.2, 0.25) is 12.3 Å². The zero-order chi connectivity index (χ0) is 15.1. The summed E-state index contributed by atoms with van der Waals surface area (Å²) >= 11 is 0. The zero-order valence-electron chi connectivity index (χ0n) is 10.8. The van der Waals surface area contributed by atoms with Gasteiger partial charge in [-0.15, -0.1) is 0 Å². The van der Waals surface area contributed by atoms with Crippen molar-refractivity contribution in [1.82, 2.24) is 10.6 Å². The molecule has 0 radical (unpaired) electrons. The standard InChI is InChI=1S/C13H15FN2O4/c1-8(13(19)20)16-12(18)11(15-7-17)6-9-4-2-3-5-10(9)14/h2-5,7-8,11H,6H2,1H3,(H,15,17)(H,16,18)(H,19,20)/t8-,11+/m1/s1. The molecule has 6 nitrogen and oxygen atoms in total. The van der Waals surface area contributed by atoms with E-state index < -0.39 is 29.8 Å². The summed E-state index contributed by atoms with van der Waals surface area (Å²) in [4.78, 5) is 33.0. The molecule has 0 fully saturated rings. The van der Waals surface area contributed by atoms with Gasteiger partial charge in [-0.05, 0) is 18.6 Å². The number of rotatable bonds is 7. The number of aliphatic carboxylic acids is 1. The molecule has 0 bridgehead atoms. The molecule has 1 aromatic carbocycles. The van der Waals surface area contributed by atoms with Gasteiger partial charge in [0.25, 0.3) is 0 Å². The smallest absolute Gasteiger partial charge is 0.325 e. The number of carboxylic acids is 1. The fourth-order valence-corrected chi connectivity index (χ4v) is 1.57. The molecule has 2 amide bonds. The number of benzene rings is 1. The van der Waals surface area contributed by atoms with Crippen LogP contribution in [-0.2, 0) is 20.8 Å². The van der Waals surface area contributed by atoms with Crippen molar-refractivity contribution in [2.45, 2.75) is 25.4 Å². The molecule has 0 saturated carbocycles. The van der Waals surface area contributed by atoms with Crippen LogP contribution in [0.2, 0.25) is 0 Å². The molecule has 1 aromatic rings. The monoisotopic (exact) mass is 282 g/mol. The van der Waals surface area contributed by atoms with Gasteiger partial charge in [0.1, 0.15) is 17.9 Å². The van der Waals surface area contributed by atoms with Crippen molar-refractivity contribution >= 4 is 18.3 Å². The Bertz CT molecular complexity index is 507. The Hall–Kier alpha value is -2.44. The Kier molecular flexibility index (Phi) is 5.64. The summed E-state index contributed by atoms with van der Waals surface area (Å²) in [6.45, 7) is 1.29. The molecular weight excluding hydrogens is 267 g/mol. The van der Waals surface area contributed by atoms with Crippen LogP contribution >= 0.6 is 0 Å². The van der Waals surface area contributed by atoms with Crippen molar-refractivity contribution in [2.24, 2.45) is 0 Å². The van der Waals surface area contributed by atoms with Crippen LogP contribution in [0.1, 0.15) is 12.5 Å². The summed E-state index contributed by atoms with van der Waals surface area (Å²) in [6.07, 6.45) is 0.250. The maximum absolute atomic E-state index is 13.5. The molecule has 1 rings (SSSR count). The minimum absolute atomic E-state index is 0.0659. The third-order valence-corrected chi connectivity index (χ3v) is 2.70. The lowest BCUT2D eigenvalue weighted by atomic mass is 10.0. The van der Waals surface area contributed by atoms with Gasteiger partial charge in [0.15, 0.2) is 0 Å². The highest BCUT2D eigenvalue weighted by Crippen LogP contribution is 2.09. The second kappa shape index (κ2) is 7.22. The van der Waals surface area contributed by atoms with E-state index in [1.165, 1.54) is 25.1 Å². The zero-order valence-corrected chi connectivity index (χ0v) is 10.8. The Balaban J connectivity index is 2.78. The number of amides is 2. The molecular formula is C13H15FN2O4. The normalized spacial score (nSPS) is 13.1. The van der Waals surface area contributed by atoms with E-state index >= 15 is 0 Å². The number of halogens is 1. The summed E-state index contributed by atoms with van der Waals surface area (Å²) in [7, 11) is 0. The quantitative estimate of drug-likeness (QED) is 0.617. The van der Waals surface area contributed by atoms with Crippen molar-refractivity contribution in [3.05, 3.63) is 35.6 Å². The van der Waals surface area contributed by atoms with Gasteiger partial charge in [-0.3, -0.25) is 14.4 Å². The molecule has 0 heterocycles. The minimum atomic E-state index is -1.20.